The molecule has 1 saturated carbocycles. The van der Waals surface area contributed by atoms with Crippen LogP contribution in [0, 0.1) is 0 Å². The number of aromatic nitrogens is 1. The Bertz CT molecular complexity index is 1200. The molecule has 34 heavy (non-hydrogen) atoms. The molecular formula is C24H20Cl2N4O4. The van der Waals surface area contributed by atoms with Crippen molar-refractivity contribution in [1.82, 2.24) is 10.3 Å². The molecule has 10 heteroatoms. The van der Waals surface area contributed by atoms with E-state index in [9.17, 15) is 14.4 Å². The van der Waals surface area contributed by atoms with Crippen molar-refractivity contribution in [3.8, 4) is 0 Å². The van der Waals surface area contributed by atoms with Gasteiger partial charge in [-0.15, -0.1) is 0 Å². The third-order valence-electron chi connectivity index (χ3n) is 5.16. The van der Waals surface area contributed by atoms with E-state index < -0.39 is 11.9 Å². The predicted molar refractivity (Wildman–Crippen MR) is 129 cm³/mol. The second kappa shape index (κ2) is 10.5. The molecule has 3 amide bonds. The monoisotopic (exact) mass is 498 g/mol. The van der Waals surface area contributed by atoms with E-state index in [0.29, 0.717) is 24.1 Å². The van der Waals surface area contributed by atoms with E-state index in [1.165, 1.54) is 12.3 Å². The first kappa shape index (κ1) is 23.5. The fourth-order valence-corrected chi connectivity index (χ4v) is 3.97. The minimum absolute atomic E-state index is 0.126. The number of halogens is 2. The lowest BCUT2D eigenvalue weighted by atomic mass is 9.89. The Morgan fingerprint density at radius 1 is 0.912 bits per heavy atom. The summed E-state index contributed by atoms with van der Waals surface area (Å²) >= 11 is 12.2. The van der Waals surface area contributed by atoms with Gasteiger partial charge in [-0.05, 0) is 30.3 Å². The number of carbonyl (C=O) groups excluding carboxylic acids is 3. The Labute approximate surface area is 205 Å². The summed E-state index contributed by atoms with van der Waals surface area (Å²) in [6.45, 7) is 0. The molecule has 8 nitrogen and oxygen atoms in total. The average molecular weight is 499 g/mol. The van der Waals surface area contributed by atoms with Crippen LogP contribution in [0.15, 0.2) is 66.9 Å². The standard InChI is InChI=1S/C24H20Cl2N4O4/c25-18-7-4-8-19(26)21(18)22(31)28-15-9-10-27-20(13-15)30-24(33)29-16-11-17(12-16)34-23(32)14-5-2-1-3-6-14/h1-10,13,16-17H,11-12H2,(H3,27,28,29,30,31,33). The molecule has 0 radical (unpaired) electrons. The van der Waals surface area contributed by atoms with Gasteiger partial charge in [0, 0.05) is 36.8 Å². The Morgan fingerprint density at radius 2 is 1.62 bits per heavy atom. The van der Waals surface area contributed by atoms with Gasteiger partial charge in [0.15, 0.2) is 0 Å². The first-order valence-corrected chi connectivity index (χ1v) is 11.2. The molecule has 1 aliphatic rings. The number of hydrogen-bond acceptors (Lipinski definition) is 5. The van der Waals surface area contributed by atoms with Crippen LogP contribution in [0.25, 0.3) is 0 Å². The summed E-state index contributed by atoms with van der Waals surface area (Å²) in [5, 5.41) is 8.57. The van der Waals surface area contributed by atoms with Crippen molar-refractivity contribution in [3.63, 3.8) is 0 Å². The molecule has 174 valence electrons. The van der Waals surface area contributed by atoms with Crippen LogP contribution < -0.4 is 16.0 Å². The number of pyridine rings is 1. The van der Waals surface area contributed by atoms with E-state index in [0.717, 1.165) is 0 Å². The molecule has 0 spiro atoms. The molecule has 4 rings (SSSR count). The summed E-state index contributed by atoms with van der Waals surface area (Å²) in [4.78, 5) is 41.0. The third-order valence-corrected chi connectivity index (χ3v) is 5.79. The number of hydrogen-bond donors (Lipinski definition) is 3. The lowest BCUT2D eigenvalue weighted by Crippen LogP contribution is -2.49. The number of amides is 3. The largest absolute Gasteiger partial charge is 0.459 e. The van der Waals surface area contributed by atoms with E-state index >= 15 is 0 Å². The van der Waals surface area contributed by atoms with E-state index in [-0.39, 0.29) is 39.5 Å². The predicted octanol–water partition coefficient (Wildman–Crippen LogP) is 5.15. The van der Waals surface area contributed by atoms with Crippen LogP contribution in [-0.4, -0.2) is 35.0 Å². The van der Waals surface area contributed by atoms with Crippen molar-refractivity contribution in [2.45, 2.75) is 25.0 Å². The molecule has 1 aliphatic carbocycles. The SMILES string of the molecule is O=C(Nc1cc(NC(=O)c2c(Cl)cccc2Cl)ccn1)NC1CC(OC(=O)c2ccccc2)C1. The maximum absolute atomic E-state index is 12.5. The van der Waals surface area contributed by atoms with Gasteiger partial charge < -0.3 is 15.4 Å². The van der Waals surface area contributed by atoms with Crippen molar-refractivity contribution >= 4 is 52.6 Å². The lowest BCUT2D eigenvalue weighted by Gasteiger charge is -2.35. The van der Waals surface area contributed by atoms with Gasteiger partial charge >= 0.3 is 12.0 Å². The average Bonchev–Trinajstić information content (AvgIpc) is 2.78. The van der Waals surface area contributed by atoms with E-state index in [1.807, 2.05) is 6.07 Å². The number of anilines is 2. The minimum Gasteiger partial charge on any atom is -0.459 e. The Morgan fingerprint density at radius 3 is 2.32 bits per heavy atom. The highest BCUT2D eigenvalue weighted by Crippen LogP contribution is 2.26. The maximum atomic E-state index is 12.5. The molecule has 0 bridgehead atoms. The molecule has 0 atom stereocenters. The Hall–Kier alpha value is -3.62. The van der Waals surface area contributed by atoms with Crippen molar-refractivity contribution in [2.75, 3.05) is 10.6 Å². The topological polar surface area (TPSA) is 109 Å². The fourth-order valence-electron chi connectivity index (χ4n) is 3.40. The summed E-state index contributed by atoms with van der Waals surface area (Å²) in [7, 11) is 0. The zero-order valence-corrected chi connectivity index (χ0v) is 19.3. The number of nitrogens with one attached hydrogen (secondary N) is 3. The molecule has 3 N–H and O–H groups in total. The van der Waals surface area contributed by atoms with Gasteiger partial charge in [-0.3, -0.25) is 10.1 Å². The molecule has 1 heterocycles. The first-order valence-electron chi connectivity index (χ1n) is 10.4. The van der Waals surface area contributed by atoms with Gasteiger partial charge in [-0.25, -0.2) is 14.6 Å². The lowest BCUT2D eigenvalue weighted by molar-refractivity contribution is 0.000115. The number of nitrogens with zero attached hydrogens (tertiary/aromatic N) is 1. The molecule has 0 unspecified atom stereocenters. The fraction of sp³-hybridized carbons (Fsp3) is 0.167. The minimum atomic E-state index is -0.484. The van der Waals surface area contributed by atoms with Crippen molar-refractivity contribution in [2.24, 2.45) is 0 Å². The number of urea groups is 1. The van der Waals surface area contributed by atoms with Gasteiger partial charge in [0.05, 0.1) is 21.2 Å². The third kappa shape index (κ3) is 5.84. The van der Waals surface area contributed by atoms with Gasteiger partial charge in [0.1, 0.15) is 11.9 Å². The van der Waals surface area contributed by atoms with Gasteiger partial charge in [-0.1, -0.05) is 47.5 Å². The number of esters is 1. The van der Waals surface area contributed by atoms with Gasteiger partial charge in [0.25, 0.3) is 5.91 Å². The summed E-state index contributed by atoms with van der Waals surface area (Å²) in [5.41, 5.74) is 1.05. The van der Waals surface area contributed by atoms with Crippen molar-refractivity contribution in [1.29, 1.82) is 0 Å². The van der Waals surface area contributed by atoms with Crippen LogP contribution in [0.5, 0.6) is 0 Å². The van der Waals surface area contributed by atoms with E-state index in [4.69, 9.17) is 27.9 Å². The zero-order chi connectivity index (χ0) is 24.1. The number of rotatable bonds is 6. The first-order chi connectivity index (χ1) is 16.4. The van der Waals surface area contributed by atoms with Crippen LogP contribution in [0.2, 0.25) is 10.0 Å². The molecule has 1 aromatic heterocycles. The molecule has 3 aromatic rings. The Kier molecular flexibility index (Phi) is 7.30. The zero-order valence-electron chi connectivity index (χ0n) is 17.8. The molecule has 0 aliphatic heterocycles. The number of carbonyl (C=O) groups is 3. The Balaban J connectivity index is 1.25. The van der Waals surface area contributed by atoms with Gasteiger partial charge in [-0.2, -0.15) is 0 Å². The highest BCUT2D eigenvalue weighted by molar-refractivity contribution is 6.40. The number of benzene rings is 2. The van der Waals surface area contributed by atoms with Gasteiger partial charge in [0.2, 0.25) is 0 Å². The van der Waals surface area contributed by atoms with Crippen molar-refractivity contribution < 1.29 is 19.1 Å². The van der Waals surface area contributed by atoms with Crippen LogP contribution in [0.3, 0.4) is 0 Å². The van der Waals surface area contributed by atoms with E-state index in [1.54, 1.807) is 48.5 Å². The second-order valence-electron chi connectivity index (χ2n) is 7.64. The molecular weight excluding hydrogens is 479 g/mol. The molecule has 2 aromatic carbocycles. The number of ether oxygens (including phenoxy) is 1. The second-order valence-corrected chi connectivity index (χ2v) is 8.46. The summed E-state index contributed by atoms with van der Waals surface area (Å²) in [5.74, 6) is -0.621. The van der Waals surface area contributed by atoms with Crippen LogP contribution in [-0.2, 0) is 4.74 Å². The van der Waals surface area contributed by atoms with E-state index in [2.05, 4.69) is 20.9 Å². The highest BCUT2D eigenvalue weighted by atomic mass is 35.5. The quantitative estimate of drug-likeness (QED) is 0.407. The van der Waals surface area contributed by atoms with Crippen LogP contribution in [0.4, 0.5) is 16.3 Å². The van der Waals surface area contributed by atoms with Crippen LogP contribution in [0.1, 0.15) is 33.6 Å². The summed E-state index contributed by atoms with van der Waals surface area (Å²) in [6, 6.07) is 16.0. The normalized spacial score (nSPS) is 16.6. The smallest absolute Gasteiger partial charge is 0.338 e. The highest BCUT2D eigenvalue weighted by Gasteiger charge is 2.33. The van der Waals surface area contributed by atoms with Crippen molar-refractivity contribution in [3.05, 3.63) is 88.0 Å². The summed E-state index contributed by atoms with van der Waals surface area (Å²) < 4.78 is 5.43. The summed E-state index contributed by atoms with van der Waals surface area (Å²) in [6.07, 6.45) is 2.25. The molecule has 0 saturated heterocycles. The van der Waals surface area contributed by atoms with Crippen LogP contribution >= 0.6 is 23.2 Å². The molecule has 1 fully saturated rings. The maximum Gasteiger partial charge on any atom is 0.338 e.